The van der Waals surface area contributed by atoms with Gasteiger partial charge in [0.1, 0.15) is 0 Å². The van der Waals surface area contributed by atoms with Gasteiger partial charge in [-0.25, -0.2) is 0 Å². The topological polar surface area (TPSA) is 55.1 Å². The predicted molar refractivity (Wildman–Crippen MR) is 55.4 cm³/mol. The highest BCUT2D eigenvalue weighted by Crippen LogP contribution is 2.04. The van der Waals surface area contributed by atoms with Gasteiger partial charge in [-0.2, -0.15) is 0 Å². The Labute approximate surface area is 81.1 Å². The van der Waals surface area contributed by atoms with Gasteiger partial charge in [-0.3, -0.25) is 4.79 Å². The van der Waals surface area contributed by atoms with E-state index in [4.69, 9.17) is 5.73 Å². The summed E-state index contributed by atoms with van der Waals surface area (Å²) < 4.78 is 0. The van der Waals surface area contributed by atoms with Gasteiger partial charge >= 0.3 is 0 Å². The molecule has 0 heterocycles. The van der Waals surface area contributed by atoms with Crippen molar-refractivity contribution in [2.45, 2.75) is 39.5 Å². The van der Waals surface area contributed by atoms with Crippen LogP contribution in [0.5, 0.6) is 0 Å². The van der Waals surface area contributed by atoms with Crippen LogP contribution in [-0.4, -0.2) is 19.0 Å². The highest BCUT2D eigenvalue weighted by molar-refractivity contribution is 5.73. The second kappa shape index (κ2) is 8.05. The Hall–Kier alpha value is -0.570. The van der Waals surface area contributed by atoms with Gasteiger partial charge in [-0.05, 0) is 31.8 Å². The first-order valence-electron chi connectivity index (χ1n) is 5.15. The van der Waals surface area contributed by atoms with E-state index in [1.54, 1.807) is 0 Å². The third-order valence-corrected chi connectivity index (χ3v) is 2.29. The molecule has 1 unspecified atom stereocenters. The van der Waals surface area contributed by atoms with Crippen LogP contribution in [0, 0.1) is 5.92 Å². The normalized spacial score (nSPS) is 12.8. The van der Waals surface area contributed by atoms with E-state index in [1.807, 2.05) is 0 Å². The van der Waals surface area contributed by atoms with Gasteiger partial charge in [0.15, 0.2) is 0 Å². The lowest BCUT2D eigenvalue weighted by atomic mass is 10.1. The highest BCUT2D eigenvalue weighted by atomic mass is 16.1. The Morgan fingerprint density at radius 3 is 2.69 bits per heavy atom. The Morgan fingerprint density at radius 1 is 1.46 bits per heavy atom. The van der Waals surface area contributed by atoms with Crippen molar-refractivity contribution in [1.29, 1.82) is 0 Å². The summed E-state index contributed by atoms with van der Waals surface area (Å²) in [5.74, 6) is 0.590. The van der Waals surface area contributed by atoms with Crippen molar-refractivity contribution in [3.8, 4) is 0 Å². The maximum atomic E-state index is 10.4. The molecule has 1 amide bonds. The van der Waals surface area contributed by atoms with Crippen LogP contribution in [0.25, 0.3) is 0 Å². The molecular weight excluding hydrogens is 164 g/mol. The van der Waals surface area contributed by atoms with E-state index < -0.39 is 0 Å². The Kier molecular flexibility index (Phi) is 7.69. The first kappa shape index (κ1) is 12.4. The van der Waals surface area contributed by atoms with Crippen LogP contribution < -0.4 is 11.1 Å². The zero-order valence-corrected chi connectivity index (χ0v) is 8.81. The number of hydrogen-bond acceptors (Lipinski definition) is 2. The lowest BCUT2D eigenvalue weighted by molar-refractivity contribution is -0.118. The minimum Gasteiger partial charge on any atom is -0.370 e. The quantitative estimate of drug-likeness (QED) is 0.561. The summed E-state index contributed by atoms with van der Waals surface area (Å²) >= 11 is 0. The van der Waals surface area contributed by atoms with Crippen molar-refractivity contribution in [3.05, 3.63) is 0 Å². The molecule has 1 atom stereocenters. The molecule has 0 aromatic rings. The summed E-state index contributed by atoms with van der Waals surface area (Å²) in [6.45, 7) is 6.41. The number of primary amides is 1. The summed E-state index contributed by atoms with van der Waals surface area (Å²) in [6.07, 6.45) is 3.81. The summed E-state index contributed by atoms with van der Waals surface area (Å²) in [4.78, 5) is 10.4. The van der Waals surface area contributed by atoms with E-state index in [-0.39, 0.29) is 5.91 Å². The molecule has 3 nitrogen and oxygen atoms in total. The Bertz CT molecular complexity index is 137. The fraction of sp³-hybridized carbons (Fsp3) is 0.900. The van der Waals surface area contributed by atoms with Crippen LogP contribution in [0.15, 0.2) is 0 Å². The Morgan fingerprint density at radius 2 is 2.15 bits per heavy atom. The number of carbonyl (C=O) groups is 1. The van der Waals surface area contributed by atoms with Crippen LogP contribution in [0.2, 0.25) is 0 Å². The van der Waals surface area contributed by atoms with Gasteiger partial charge in [0, 0.05) is 6.42 Å². The first-order chi connectivity index (χ1) is 6.16. The summed E-state index contributed by atoms with van der Waals surface area (Å²) in [7, 11) is 0. The SMILES string of the molecule is CCC(C)CCNCCCC(N)=O. The van der Waals surface area contributed by atoms with Gasteiger partial charge in [-0.1, -0.05) is 20.3 Å². The standard InChI is InChI=1S/C10H22N2O/c1-3-9(2)6-8-12-7-4-5-10(11)13/h9,12H,3-8H2,1-2H3,(H2,11,13). The summed E-state index contributed by atoms with van der Waals surface area (Å²) in [5.41, 5.74) is 5.01. The van der Waals surface area contributed by atoms with E-state index in [2.05, 4.69) is 19.2 Å². The zero-order valence-electron chi connectivity index (χ0n) is 8.81. The molecule has 78 valence electrons. The predicted octanol–water partition coefficient (Wildman–Crippen LogP) is 1.28. The molecule has 0 fully saturated rings. The third kappa shape index (κ3) is 9.34. The van der Waals surface area contributed by atoms with Crippen LogP contribution in [0.4, 0.5) is 0 Å². The van der Waals surface area contributed by atoms with Crippen LogP contribution in [0.3, 0.4) is 0 Å². The van der Waals surface area contributed by atoms with E-state index in [9.17, 15) is 4.79 Å². The van der Waals surface area contributed by atoms with Crippen molar-refractivity contribution in [1.82, 2.24) is 5.32 Å². The number of carbonyl (C=O) groups excluding carboxylic acids is 1. The molecule has 0 aromatic carbocycles. The second-order valence-electron chi connectivity index (χ2n) is 3.62. The van der Waals surface area contributed by atoms with Crippen molar-refractivity contribution in [2.24, 2.45) is 11.7 Å². The first-order valence-corrected chi connectivity index (χ1v) is 5.15. The molecule has 13 heavy (non-hydrogen) atoms. The van der Waals surface area contributed by atoms with Crippen LogP contribution in [0.1, 0.15) is 39.5 Å². The van der Waals surface area contributed by atoms with Crippen molar-refractivity contribution < 1.29 is 4.79 Å². The molecular formula is C10H22N2O. The maximum Gasteiger partial charge on any atom is 0.217 e. The largest absolute Gasteiger partial charge is 0.370 e. The molecule has 0 saturated carbocycles. The second-order valence-corrected chi connectivity index (χ2v) is 3.62. The van der Waals surface area contributed by atoms with Gasteiger partial charge in [0.25, 0.3) is 0 Å². The minimum absolute atomic E-state index is 0.205. The number of hydrogen-bond donors (Lipinski definition) is 2. The number of nitrogens with two attached hydrogens (primary N) is 1. The molecule has 0 aromatic heterocycles. The summed E-state index contributed by atoms with van der Waals surface area (Å²) in [6, 6.07) is 0. The summed E-state index contributed by atoms with van der Waals surface area (Å²) in [5, 5.41) is 3.30. The third-order valence-electron chi connectivity index (χ3n) is 2.29. The average Bonchev–Trinajstić information content (AvgIpc) is 2.10. The number of amides is 1. The smallest absolute Gasteiger partial charge is 0.217 e. The molecule has 0 aliphatic heterocycles. The number of rotatable bonds is 8. The lowest BCUT2D eigenvalue weighted by Crippen LogP contribution is -2.20. The fourth-order valence-electron chi connectivity index (χ4n) is 1.07. The van der Waals surface area contributed by atoms with Crippen LogP contribution >= 0.6 is 0 Å². The van der Waals surface area contributed by atoms with Gasteiger partial charge in [0.05, 0.1) is 0 Å². The lowest BCUT2D eigenvalue weighted by Gasteiger charge is -2.08. The van der Waals surface area contributed by atoms with Crippen molar-refractivity contribution >= 4 is 5.91 Å². The van der Waals surface area contributed by atoms with E-state index >= 15 is 0 Å². The minimum atomic E-state index is -0.205. The zero-order chi connectivity index (χ0) is 10.1. The van der Waals surface area contributed by atoms with Crippen molar-refractivity contribution in [3.63, 3.8) is 0 Å². The molecule has 0 radical (unpaired) electrons. The molecule has 0 aliphatic rings. The van der Waals surface area contributed by atoms with Gasteiger partial charge in [0.2, 0.25) is 5.91 Å². The molecule has 0 aliphatic carbocycles. The molecule has 3 N–H and O–H groups in total. The van der Waals surface area contributed by atoms with Crippen LogP contribution in [-0.2, 0) is 4.79 Å². The van der Waals surface area contributed by atoms with E-state index in [0.717, 1.165) is 25.4 Å². The van der Waals surface area contributed by atoms with Gasteiger partial charge < -0.3 is 11.1 Å². The highest BCUT2D eigenvalue weighted by Gasteiger charge is 1.97. The van der Waals surface area contributed by atoms with E-state index in [1.165, 1.54) is 12.8 Å². The fourth-order valence-corrected chi connectivity index (χ4v) is 1.07. The average molecular weight is 186 g/mol. The Balaban J connectivity index is 3.04. The molecule has 0 bridgehead atoms. The molecule has 0 spiro atoms. The van der Waals surface area contributed by atoms with Crippen molar-refractivity contribution in [2.75, 3.05) is 13.1 Å². The molecule has 0 saturated heterocycles. The monoisotopic (exact) mass is 186 g/mol. The van der Waals surface area contributed by atoms with E-state index in [0.29, 0.717) is 6.42 Å². The molecule has 0 rings (SSSR count). The maximum absolute atomic E-state index is 10.4. The van der Waals surface area contributed by atoms with Gasteiger partial charge in [-0.15, -0.1) is 0 Å². The molecule has 3 heteroatoms. The number of nitrogens with one attached hydrogen (secondary N) is 1.